The van der Waals surface area contributed by atoms with Crippen LogP contribution in [0.3, 0.4) is 0 Å². The number of hydrogen-bond donors (Lipinski definition) is 1. The second-order valence-corrected chi connectivity index (χ2v) is 7.00. The lowest BCUT2D eigenvalue weighted by atomic mass is 10.1. The average molecular weight is 367 g/mol. The molecule has 1 fully saturated rings. The first kappa shape index (κ1) is 19.2. The Morgan fingerprint density at radius 2 is 1.70 bits per heavy atom. The molecule has 0 spiro atoms. The largest absolute Gasteiger partial charge is 0.481 e. The van der Waals surface area contributed by atoms with Crippen LogP contribution in [0.2, 0.25) is 0 Å². The van der Waals surface area contributed by atoms with E-state index in [9.17, 15) is 4.79 Å². The van der Waals surface area contributed by atoms with Gasteiger partial charge in [0.25, 0.3) is 5.91 Å². The predicted molar refractivity (Wildman–Crippen MR) is 109 cm³/mol. The van der Waals surface area contributed by atoms with Crippen LogP contribution in [-0.4, -0.2) is 50.1 Å². The van der Waals surface area contributed by atoms with Gasteiger partial charge in [0.2, 0.25) is 0 Å². The molecule has 0 bridgehead atoms. The van der Waals surface area contributed by atoms with Crippen molar-refractivity contribution in [1.29, 1.82) is 0 Å². The second kappa shape index (κ2) is 9.42. The number of nitrogens with one attached hydrogen (secondary N) is 1. The fraction of sp³-hybridized carbons (Fsp3) is 0.409. The number of hydrogen-bond acceptors (Lipinski definition) is 4. The summed E-state index contributed by atoms with van der Waals surface area (Å²) in [6.07, 6.45) is 0.153. The average Bonchev–Trinajstić information content (AvgIpc) is 2.72. The Kier molecular flexibility index (Phi) is 6.71. The van der Waals surface area contributed by atoms with Gasteiger partial charge in [-0.05, 0) is 43.3 Å². The summed E-state index contributed by atoms with van der Waals surface area (Å²) < 4.78 is 5.80. The van der Waals surface area contributed by atoms with Crippen LogP contribution in [0.15, 0.2) is 54.6 Å². The van der Waals surface area contributed by atoms with E-state index in [1.807, 2.05) is 37.3 Å². The van der Waals surface area contributed by atoms with Crippen LogP contribution in [0.1, 0.15) is 18.9 Å². The molecule has 1 amide bonds. The van der Waals surface area contributed by atoms with Crippen molar-refractivity contribution in [3.05, 3.63) is 60.2 Å². The number of likely N-dealkylation sites (N-methyl/N-ethyl adjacent to an activating group) is 1. The van der Waals surface area contributed by atoms with Crippen molar-refractivity contribution in [3.8, 4) is 5.75 Å². The van der Waals surface area contributed by atoms with Gasteiger partial charge in [-0.3, -0.25) is 4.79 Å². The number of piperazine rings is 1. The smallest absolute Gasteiger partial charge is 0.261 e. The quantitative estimate of drug-likeness (QED) is 0.817. The highest BCUT2D eigenvalue weighted by Crippen LogP contribution is 2.17. The summed E-state index contributed by atoms with van der Waals surface area (Å²) in [4.78, 5) is 17.2. The molecule has 2 aromatic carbocycles. The van der Waals surface area contributed by atoms with Crippen molar-refractivity contribution in [2.24, 2.45) is 0 Å². The van der Waals surface area contributed by atoms with E-state index in [4.69, 9.17) is 4.74 Å². The number of nitrogens with zero attached hydrogens (tertiary/aromatic N) is 2. The Hall–Kier alpha value is -2.53. The zero-order chi connectivity index (χ0) is 19.1. The molecule has 0 radical (unpaired) electrons. The molecule has 0 aliphatic carbocycles. The Morgan fingerprint density at radius 1 is 1.04 bits per heavy atom. The normalized spacial score (nSPS) is 16.0. The summed E-state index contributed by atoms with van der Waals surface area (Å²) in [5.74, 6) is 0.639. The maximum absolute atomic E-state index is 12.4. The monoisotopic (exact) mass is 367 g/mol. The van der Waals surface area contributed by atoms with Crippen LogP contribution in [0.5, 0.6) is 5.75 Å². The molecule has 0 saturated carbocycles. The van der Waals surface area contributed by atoms with Crippen LogP contribution in [-0.2, 0) is 11.3 Å². The van der Waals surface area contributed by atoms with Gasteiger partial charge in [0.15, 0.2) is 6.10 Å². The van der Waals surface area contributed by atoms with Crippen LogP contribution < -0.4 is 15.0 Å². The molecule has 144 valence electrons. The van der Waals surface area contributed by atoms with Gasteiger partial charge in [0.1, 0.15) is 5.75 Å². The number of rotatable bonds is 7. The summed E-state index contributed by atoms with van der Waals surface area (Å²) in [6.45, 7) is 6.77. The lowest BCUT2D eigenvalue weighted by molar-refractivity contribution is -0.128. The SMILES string of the molecule is CC[C@H](Oc1ccccc1)C(=O)NCc1ccc(N2CCN(C)CC2)cc1. The minimum atomic E-state index is -0.475. The molecule has 1 saturated heterocycles. The number of carbonyl (C=O) groups excluding carboxylic acids is 1. The number of carbonyl (C=O) groups is 1. The first-order chi connectivity index (χ1) is 13.2. The molecule has 1 aliphatic heterocycles. The van der Waals surface area contributed by atoms with E-state index in [-0.39, 0.29) is 5.91 Å². The Labute approximate surface area is 161 Å². The van der Waals surface area contributed by atoms with Crippen molar-refractivity contribution in [2.75, 3.05) is 38.1 Å². The van der Waals surface area contributed by atoms with E-state index in [1.54, 1.807) is 0 Å². The van der Waals surface area contributed by atoms with Crippen molar-refractivity contribution in [3.63, 3.8) is 0 Å². The minimum Gasteiger partial charge on any atom is -0.481 e. The summed E-state index contributed by atoms with van der Waals surface area (Å²) >= 11 is 0. The van der Waals surface area contributed by atoms with Crippen molar-refractivity contribution < 1.29 is 9.53 Å². The van der Waals surface area contributed by atoms with Gasteiger partial charge in [-0.15, -0.1) is 0 Å². The molecule has 5 heteroatoms. The fourth-order valence-electron chi connectivity index (χ4n) is 3.18. The van der Waals surface area contributed by atoms with E-state index < -0.39 is 6.10 Å². The lowest BCUT2D eigenvalue weighted by Gasteiger charge is -2.34. The molecule has 0 aromatic heterocycles. The molecule has 1 N–H and O–H groups in total. The number of ether oxygens (including phenoxy) is 1. The molecular formula is C22H29N3O2. The summed E-state index contributed by atoms with van der Waals surface area (Å²) in [7, 11) is 2.16. The standard InChI is InChI=1S/C22H29N3O2/c1-3-21(27-20-7-5-4-6-8-20)22(26)23-17-18-9-11-19(12-10-18)25-15-13-24(2)14-16-25/h4-12,21H,3,13-17H2,1-2H3,(H,23,26)/t21-/m0/s1. The zero-order valence-corrected chi connectivity index (χ0v) is 16.2. The van der Waals surface area contributed by atoms with Crippen molar-refractivity contribution in [1.82, 2.24) is 10.2 Å². The highest BCUT2D eigenvalue weighted by Gasteiger charge is 2.18. The maximum Gasteiger partial charge on any atom is 0.261 e. The molecule has 27 heavy (non-hydrogen) atoms. The maximum atomic E-state index is 12.4. The van der Waals surface area contributed by atoms with Crippen molar-refractivity contribution in [2.45, 2.75) is 26.0 Å². The fourth-order valence-corrected chi connectivity index (χ4v) is 3.18. The Morgan fingerprint density at radius 3 is 2.33 bits per heavy atom. The first-order valence-corrected chi connectivity index (χ1v) is 9.67. The van der Waals surface area contributed by atoms with Crippen molar-refractivity contribution >= 4 is 11.6 Å². The van der Waals surface area contributed by atoms with E-state index >= 15 is 0 Å². The highest BCUT2D eigenvalue weighted by atomic mass is 16.5. The van der Waals surface area contributed by atoms with Gasteiger partial charge >= 0.3 is 0 Å². The molecule has 1 heterocycles. The Bertz CT molecular complexity index is 710. The van der Waals surface area contributed by atoms with Crippen LogP contribution in [0.4, 0.5) is 5.69 Å². The van der Waals surface area contributed by atoms with Crippen LogP contribution in [0, 0.1) is 0 Å². The molecule has 3 rings (SSSR count). The molecule has 0 unspecified atom stereocenters. The van der Waals surface area contributed by atoms with Gasteiger partial charge in [-0.25, -0.2) is 0 Å². The predicted octanol–water partition coefficient (Wildman–Crippen LogP) is 2.91. The Balaban J connectivity index is 1.50. The third-order valence-corrected chi connectivity index (χ3v) is 4.96. The number of amides is 1. The lowest BCUT2D eigenvalue weighted by Crippen LogP contribution is -2.44. The van der Waals surface area contributed by atoms with E-state index in [0.717, 1.165) is 37.5 Å². The molecule has 5 nitrogen and oxygen atoms in total. The topological polar surface area (TPSA) is 44.8 Å². The van der Waals surface area contributed by atoms with Gasteiger partial charge < -0.3 is 19.9 Å². The summed E-state index contributed by atoms with van der Waals surface area (Å²) in [5.41, 5.74) is 2.34. The molecular weight excluding hydrogens is 338 g/mol. The molecule has 2 aromatic rings. The summed E-state index contributed by atoms with van der Waals surface area (Å²) in [5, 5.41) is 2.99. The first-order valence-electron chi connectivity index (χ1n) is 9.67. The van der Waals surface area contributed by atoms with Gasteiger partial charge in [0, 0.05) is 38.4 Å². The van der Waals surface area contributed by atoms with E-state index in [1.165, 1.54) is 5.69 Å². The molecule has 1 atom stereocenters. The van der Waals surface area contributed by atoms with Crippen LogP contribution in [0.25, 0.3) is 0 Å². The zero-order valence-electron chi connectivity index (χ0n) is 16.2. The second-order valence-electron chi connectivity index (χ2n) is 7.00. The summed E-state index contributed by atoms with van der Waals surface area (Å²) in [6, 6.07) is 17.9. The van der Waals surface area contributed by atoms with Gasteiger partial charge in [-0.2, -0.15) is 0 Å². The van der Waals surface area contributed by atoms with Crippen LogP contribution >= 0.6 is 0 Å². The van der Waals surface area contributed by atoms with Gasteiger partial charge in [-0.1, -0.05) is 37.3 Å². The highest BCUT2D eigenvalue weighted by molar-refractivity contribution is 5.81. The van der Waals surface area contributed by atoms with E-state index in [2.05, 4.69) is 46.4 Å². The van der Waals surface area contributed by atoms with E-state index in [0.29, 0.717) is 13.0 Å². The minimum absolute atomic E-state index is 0.0792. The number of benzene rings is 2. The third kappa shape index (κ3) is 5.47. The third-order valence-electron chi connectivity index (χ3n) is 4.96. The molecule has 1 aliphatic rings. The number of para-hydroxylation sites is 1. The number of anilines is 1. The van der Waals surface area contributed by atoms with Gasteiger partial charge in [0.05, 0.1) is 0 Å².